The van der Waals surface area contributed by atoms with Gasteiger partial charge in [0.25, 0.3) is 0 Å². The van der Waals surface area contributed by atoms with E-state index in [1.165, 1.54) is 35.2 Å². The van der Waals surface area contributed by atoms with Crippen LogP contribution in [0.25, 0.3) is 11.1 Å². The summed E-state index contributed by atoms with van der Waals surface area (Å²) < 4.78 is 0. The van der Waals surface area contributed by atoms with E-state index in [4.69, 9.17) is 10.2 Å². The highest BCUT2D eigenvalue weighted by molar-refractivity contribution is 5.89. The van der Waals surface area contributed by atoms with Crippen molar-refractivity contribution >= 4 is 11.9 Å². The van der Waals surface area contributed by atoms with E-state index in [2.05, 4.69) is 60.5 Å². The maximum Gasteiger partial charge on any atom is 0.328 e. The Kier molecular flexibility index (Phi) is 6.48. The molecule has 5 heteroatoms. The summed E-state index contributed by atoms with van der Waals surface area (Å²) in [4.78, 5) is 21.5. The second-order valence-electron chi connectivity index (χ2n) is 5.81. The fraction of sp³-hybridized carbons (Fsp3) is 0.200. The molecule has 2 aromatic carbocycles. The van der Waals surface area contributed by atoms with E-state index in [0.29, 0.717) is 12.2 Å². The van der Waals surface area contributed by atoms with Gasteiger partial charge in [0, 0.05) is 25.2 Å². The van der Waals surface area contributed by atoms with Crippen LogP contribution >= 0.6 is 0 Å². The van der Waals surface area contributed by atoms with Crippen molar-refractivity contribution in [1.82, 2.24) is 4.90 Å². The third-order valence-corrected chi connectivity index (χ3v) is 3.92. The van der Waals surface area contributed by atoms with Crippen LogP contribution in [0.3, 0.4) is 0 Å². The first-order valence-electron chi connectivity index (χ1n) is 7.96. The summed E-state index contributed by atoms with van der Waals surface area (Å²) in [6, 6.07) is 17.4. The van der Waals surface area contributed by atoms with Gasteiger partial charge in [0.1, 0.15) is 0 Å². The second-order valence-corrected chi connectivity index (χ2v) is 5.81. The molecule has 0 fully saturated rings. The molecule has 3 rings (SSSR count). The van der Waals surface area contributed by atoms with Crippen molar-refractivity contribution in [1.29, 1.82) is 0 Å². The largest absolute Gasteiger partial charge is 0.478 e. The lowest BCUT2D eigenvalue weighted by Crippen LogP contribution is -2.26. The van der Waals surface area contributed by atoms with Crippen molar-refractivity contribution in [3.05, 3.63) is 71.8 Å². The van der Waals surface area contributed by atoms with Gasteiger partial charge in [-0.1, -0.05) is 48.5 Å². The molecule has 0 spiro atoms. The zero-order valence-electron chi connectivity index (χ0n) is 14.1. The molecule has 1 heterocycles. The highest BCUT2D eigenvalue weighted by atomic mass is 16.4. The molecular formula is C20H21NO4. The lowest BCUT2D eigenvalue weighted by Gasteiger charge is -2.27. The van der Waals surface area contributed by atoms with Crippen LogP contribution in [0.4, 0.5) is 0 Å². The van der Waals surface area contributed by atoms with Gasteiger partial charge in [-0.2, -0.15) is 0 Å². The predicted octanol–water partition coefficient (Wildman–Crippen LogP) is 3.05. The van der Waals surface area contributed by atoms with Crippen LogP contribution in [0.15, 0.2) is 60.7 Å². The van der Waals surface area contributed by atoms with Gasteiger partial charge in [0.2, 0.25) is 0 Å². The van der Waals surface area contributed by atoms with Crippen molar-refractivity contribution in [3.63, 3.8) is 0 Å². The zero-order valence-corrected chi connectivity index (χ0v) is 14.1. The van der Waals surface area contributed by atoms with Crippen molar-refractivity contribution in [2.45, 2.75) is 13.0 Å². The van der Waals surface area contributed by atoms with Gasteiger partial charge in [0.15, 0.2) is 0 Å². The molecule has 0 radical (unpaired) electrons. The fourth-order valence-electron chi connectivity index (χ4n) is 2.75. The van der Waals surface area contributed by atoms with Crippen LogP contribution in [-0.2, 0) is 22.6 Å². The molecule has 130 valence electrons. The number of carboxylic acids is 2. The minimum atomic E-state index is -1.26. The predicted molar refractivity (Wildman–Crippen MR) is 96.3 cm³/mol. The van der Waals surface area contributed by atoms with E-state index in [-0.39, 0.29) is 0 Å². The minimum Gasteiger partial charge on any atom is -0.478 e. The average Bonchev–Trinajstić information content (AvgIpc) is 2.61. The van der Waals surface area contributed by atoms with Crippen LogP contribution < -0.4 is 0 Å². The average molecular weight is 339 g/mol. The number of fused-ring (bicyclic) bond motifs is 1. The molecule has 5 nitrogen and oxygen atoms in total. The Labute approximate surface area is 146 Å². The fourth-order valence-corrected chi connectivity index (χ4v) is 2.75. The molecular weight excluding hydrogens is 318 g/mol. The molecule has 0 aromatic heterocycles. The van der Waals surface area contributed by atoms with E-state index in [1.54, 1.807) is 0 Å². The van der Waals surface area contributed by atoms with Crippen LogP contribution in [-0.4, -0.2) is 40.6 Å². The Morgan fingerprint density at radius 1 is 0.960 bits per heavy atom. The molecule has 0 bridgehead atoms. The minimum absolute atomic E-state index is 0.558. The molecule has 2 aromatic rings. The quantitative estimate of drug-likeness (QED) is 0.841. The number of hydrogen-bond acceptors (Lipinski definition) is 3. The van der Waals surface area contributed by atoms with Crippen LogP contribution in [0.2, 0.25) is 0 Å². The summed E-state index contributed by atoms with van der Waals surface area (Å²) in [6.45, 7) is 2.24. The summed E-state index contributed by atoms with van der Waals surface area (Å²) in [5.41, 5.74) is 5.76. The molecule has 0 saturated heterocycles. The number of carboxylic acid groups (broad SMARTS) is 2. The number of hydrogen-bond donors (Lipinski definition) is 2. The van der Waals surface area contributed by atoms with E-state index >= 15 is 0 Å². The Bertz CT molecular complexity index is 753. The lowest BCUT2D eigenvalue weighted by molar-refractivity contribution is -0.134. The van der Waals surface area contributed by atoms with Crippen molar-refractivity contribution in [2.24, 2.45) is 0 Å². The molecule has 1 aliphatic rings. The third-order valence-electron chi connectivity index (χ3n) is 3.92. The monoisotopic (exact) mass is 339 g/mol. The number of nitrogens with zero attached hydrogens (tertiary/aromatic N) is 1. The Hall–Kier alpha value is -2.92. The maximum atomic E-state index is 9.55. The first-order chi connectivity index (χ1) is 12.0. The smallest absolute Gasteiger partial charge is 0.328 e. The van der Waals surface area contributed by atoms with Crippen LogP contribution in [0.5, 0.6) is 0 Å². The van der Waals surface area contributed by atoms with Gasteiger partial charge in [-0.25, -0.2) is 9.59 Å². The molecule has 25 heavy (non-hydrogen) atoms. The van der Waals surface area contributed by atoms with Crippen molar-refractivity contribution in [2.75, 3.05) is 13.6 Å². The van der Waals surface area contributed by atoms with Crippen molar-refractivity contribution < 1.29 is 19.8 Å². The van der Waals surface area contributed by atoms with Crippen LogP contribution in [0, 0.1) is 0 Å². The summed E-state index contributed by atoms with van der Waals surface area (Å²) in [7, 11) is 2.20. The second kappa shape index (κ2) is 8.80. The van der Waals surface area contributed by atoms with Gasteiger partial charge in [-0.3, -0.25) is 0 Å². The van der Waals surface area contributed by atoms with E-state index in [0.717, 1.165) is 6.54 Å². The molecule has 0 saturated carbocycles. The number of aliphatic carboxylic acids is 2. The molecule has 0 amide bonds. The Morgan fingerprint density at radius 3 is 2.20 bits per heavy atom. The molecule has 0 aliphatic carbocycles. The first kappa shape index (κ1) is 18.4. The zero-order chi connectivity index (χ0) is 18.2. The first-order valence-corrected chi connectivity index (χ1v) is 7.96. The summed E-state index contributed by atoms with van der Waals surface area (Å²) in [5.74, 6) is -2.51. The summed E-state index contributed by atoms with van der Waals surface area (Å²) in [6.07, 6.45) is 2.29. The van der Waals surface area contributed by atoms with Gasteiger partial charge in [0.05, 0.1) is 0 Å². The third kappa shape index (κ3) is 5.58. The Morgan fingerprint density at radius 2 is 1.60 bits per heavy atom. The van der Waals surface area contributed by atoms with Gasteiger partial charge in [-0.15, -0.1) is 0 Å². The van der Waals surface area contributed by atoms with Gasteiger partial charge >= 0.3 is 11.9 Å². The van der Waals surface area contributed by atoms with E-state index < -0.39 is 11.9 Å². The Balaban J connectivity index is 0.000000242. The van der Waals surface area contributed by atoms with E-state index in [1.807, 2.05) is 0 Å². The normalized spacial score (nSPS) is 13.6. The van der Waals surface area contributed by atoms with Crippen LogP contribution in [0.1, 0.15) is 11.1 Å². The SMILES string of the molecule is CN1CCc2cccc(-c3ccccc3)c2C1.O=C(O)/C=C\C(=O)O. The molecule has 1 aliphatic heterocycles. The summed E-state index contributed by atoms with van der Waals surface area (Å²) >= 11 is 0. The van der Waals surface area contributed by atoms with E-state index in [9.17, 15) is 9.59 Å². The molecule has 2 N–H and O–H groups in total. The topological polar surface area (TPSA) is 77.8 Å². The highest BCUT2D eigenvalue weighted by Crippen LogP contribution is 2.29. The van der Waals surface area contributed by atoms with Crippen molar-refractivity contribution in [3.8, 4) is 11.1 Å². The number of rotatable bonds is 3. The standard InChI is InChI=1S/C16H17N.C4H4O4/c1-17-11-10-14-8-5-9-15(16(14)12-17)13-6-3-2-4-7-13;5-3(6)1-2-4(7)8/h2-9H,10-12H2,1H3;1-2H,(H,5,6)(H,7,8)/b;2-1-. The lowest BCUT2D eigenvalue weighted by atomic mass is 9.91. The number of benzene rings is 2. The summed E-state index contributed by atoms with van der Waals surface area (Å²) in [5, 5.41) is 15.6. The highest BCUT2D eigenvalue weighted by Gasteiger charge is 2.16. The molecule has 0 unspecified atom stereocenters. The van der Waals surface area contributed by atoms with Gasteiger partial charge in [-0.05, 0) is 35.7 Å². The van der Waals surface area contributed by atoms with Gasteiger partial charge < -0.3 is 15.1 Å². The number of likely N-dealkylation sites (N-methyl/N-ethyl adjacent to an activating group) is 1. The number of carbonyl (C=O) groups is 2. The molecule has 0 atom stereocenters. The maximum absolute atomic E-state index is 9.55.